The van der Waals surface area contributed by atoms with Gasteiger partial charge in [-0.05, 0) is 43.3 Å². The summed E-state index contributed by atoms with van der Waals surface area (Å²) in [5.41, 5.74) is -1.24. The fourth-order valence-corrected chi connectivity index (χ4v) is 2.39. The van der Waals surface area contributed by atoms with E-state index in [0.29, 0.717) is 18.1 Å². The van der Waals surface area contributed by atoms with Gasteiger partial charge in [0.1, 0.15) is 29.6 Å². The Bertz CT molecular complexity index is 992. The number of rotatable bonds is 7. The van der Waals surface area contributed by atoms with Crippen molar-refractivity contribution in [1.82, 2.24) is 0 Å². The summed E-state index contributed by atoms with van der Waals surface area (Å²) in [4.78, 5) is 12.1. The number of benzene rings is 2. The molecule has 3 aromatic rings. The monoisotopic (exact) mass is 409 g/mol. The molecule has 0 aliphatic rings. The van der Waals surface area contributed by atoms with Crippen LogP contribution < -0.4 is 14.8 Å². The van der Waals surface area contributed by atoms with Crippen LogP contribution in [0.3, 0.4) is 0 Å². The SMILES string of the molecule is CCOc1ccc(OCc2ccc(C(=O)Nc3c(F)c(F)cc(F)c3F)o2)cc1. The number of ether oxygens (including phenoxy) is 2. The van der Waals surface area contributed by atoms with Gasteiger partial charge in [-0.1, -0.05) is 0 Å². The quantitative estimate of drug-likeness (QED) is 0.437. The zero-order valence-electron chi connectivity index (χ0n) is 15.1. The first kappa shape index (κ1) is 20.2. The van der Waals surface area contributed by atoms with Gasteiger partial charge >= 0.3 is 0 Å². The van der Waals surface area contributed by atoms with Gasteiger partial charge < -0.3 is 19.2 Å². The summed E-state index contributed by atoms with van der Waals surface area (Å²) < 4.78 is 69.8. The van der Waals surface area contributed by atoms with Crippen molar-refractivity contribution in [3.05, 3.63) is 77.3 Å². The van der Waals surface area contributed by atoms with Crippen molar-refractivity contribution in [2.24, 2.45) is 0 Å². The third-order valence-electron chi connectivity index (χ3n) is 3.75. The van der Waals surface area contributed by atoms with E-state index in [0.717, 1.165) is 0 Å². The molecule has 3 rings (SSSR count). The number of anilines is 1. The van der Waals surface area contributed by atoms with Crippen LogP contribution in [0.15, 0.2) is 46.9 Å². The van der Waals surface area contributed by atoms with Crippen LogP contribution in [0.4, 0.5) is 23.2 Å². The first-order valence-corrected chi connectivity index (χ1v) is 8.47. The minimum Gasteiger partial charge on any atom is -0.494 e. The molecule has 0 saturated carbocycles. The van der Waals surface area contributed by atoms with E-state index >= 15 is 0 Å². The van der Waals surface area contributed by atoms with Crippen LogP contribution in [-0.4, -0.2) is 12.5 Å². The van der Waals surface area contributed by atoms with E-state index in [1.165, 1.54) is 12.1 Å². The van der Waals surface area contributed by atoms with Gasteiger partial charge in [0.25, 0.3) is 5.91 Å². The predicted molar refractivity (Wildman–Crippen MR) is 94.9 cm³/mol. The van der Waals surface area contributed by atoms with Crippen LogP contribution in [0.5, 0.6) is 11.5 Å². The first-order valence-electron chi connectivity index (χ1n) is 8.47. The molecule has 2 aromatic carbocycles. The molecule has 0 aliphatic heterocycles. The van der Waals surface area contributed by atoms with Crippen molar-refractivity contribution >= 4 is 11.6 Å². The van der Waals surface area contributed by atoms with Crippen LogP contribution in [0.2, 0.25) is 0 Å². The predicted octanol–water partition coefficient (Wildman–Crippen LogP) is 5.07. The molecule has 0 fully saturated rings. The molecule has 9 heteroatoms. The largest absolute Gasteiger partial charge is 0.494 e. The van der Waals surface area contributed by atoms with Gasteiger partial charge in [0.05, 0.1) is 6.61 Å². The van der Waals surface area contributed by atoms with E-state index in [-0.39, 0.29) is 24.2 Å². The van der Waals surface area contributed by atoms with E-state index in [1.807, 2.05) is 6.92 Å². The molecule has 0 radical (unpaired) electrons. The number of carbonyl (C=O) groups excluding carboxylic acids is 1. The van der Waals surface area contributed by atoms with Gasteiger partial charge in [-0.3, -0.25) is 4.79 Å². The molecule has 0 spiro atoms. The van der Waals surface area contributed by atoms with Crippen molar-refractivity contribution in [2.75, 3.05) is 11.9 Å². The maximum Gasteiger partial charge on any atom is 0.291 e. The summed E-state index contributed by atoms with van der Waals surface area (Å²) in [5.74, 6) is -6.66. The van der Waals surface area contributed by atoms with Gasteiger partial charge in [-0.15, -0.1) is 0 Å². The summed E-state index contributed by atoms with van der Waals surface area (Å²) in [6.07, 6.45) is 0. The number of hydrogen-bond donors (Lipinski definition) is 1. The maximum atomic E-state index is 13.7. The van der Waals surface area contributed by atoms with Crippen molar-refractivity contribution < 1.29 is 36.2 Å². The maximum absolute atomic E-state index is 13.7. The van der Waals surface area contributed by atoms with Crippen LogP contribution >= 0.6 is 0 Å². The minimum absolute atomic E-state index is 0.0292. The van der Waals surface area contributed by atoms with E-state index in [2.05, 4.69) is 0 Å². The standard InChI is InChI=1S/C20H15F4NO4/c1-2-27-11-3-5-12(6-4-11)28-10-13-7-8-16(29-13)20(26)25-19-17(23)14(21)9-15(22)18(19)24/h3-9H,2,10H2,1H3,(H,25,26). The zero-order chi connectivity index (χ0) is 21.0. The molecule has 1 aromatic heterocycles. The van der Waals surface area contributed by atoms with Gasteiger partial charge in [-0.25, -0.2) is 17.6 Å². The molecule has 1 amide bonds. The molecule has 5 nitrogen and oxygen atoms in total. The van der Waals surface area contributed by atoms with E-state index < -0.39 is 34.9 Å². The molecule has 0 unspecified atom stereocenters. The molecule has 0 atom stereocenters. The summed E-state index contributed by atoms with van der Waals surface area (Å²) in [5, 5.41) is 1.76. The Labute approximate surface area is 162 Å². The van der Waals surface area contributed by atoms with Crippen LogP contribution in [-0.2, 0) is 6.61 Å². The minimum atomic E-state index is -1.72. The molecular weight excluding hydrogens is 394 g/mol. The van der Waals surface area contributed by atoms with Crippen LogP contribution in [0.25, 0.3) is 0 Å². The Kier molecular flexibility index (Phi) is 6.06. The normalized spacial score (nSPS) is 10.7. The third-order valence-corrected chi connectivity index (χ3v) is 3.75. The number of furan rings is 1. The summed E-state index contributed by atoms with van der Waals surface area (Å²) >= 11 is 0. The molecule has 1 heterocycles. The first-order chi connectivity index (χ1) is 13.9. The van der Waals surface area contributed by atoms with E-state index in [1.54, 1.807) is 29.6 Å². The highest BCUT2D eigenvalue weighted by molar-refractivity contribution is 6.02. The highest BCUT2D eigenvalue weighted by atomic mass is 19.2. The lowest BCUT2D eigenvalue weighted by molar-refractivity contribution is 0.0991. The molecule has 152 valence electrons. The zero-order valence-corrected chi connectivity index (χ0v) is 15.1. The number of carbonyl (C=O) groups is 1. The van der Waals surface area contributed by atoms with Crippen molar-refractivity contribution in [3.63, 3.8) is 0 Å². The van der Waals surface area contributed by atoms with Gasteiger partial charge in [-0.2, -0.15) is 0 Å². The van der Waals surface area contributed by atoms with E-state index in [4.69, 9.17) is 13.9 Å². The summed E-state index contributed by atoms with van der Waals surface area (Å²) in [6.45, 7) is 2.37. The summed E-state index contributed by atoms with van der Waals surface area (Å²) in [6, 6.07) is 9.52. The Morgan fingerprint density at radius 2 is 1.52 bits per heavy atom. The third kappa shape index (κ3) is 4.68. The molecule has 0 saturated heterocycles. The Hall–Kier alpha value is -3.49. The number of halogens is 4. The smallest absolute Gasteiger partial charge is 0.291 e. The van der Waals surface area contributed by atoms with Crippen molar-refractivity contribution in [3.8, 4) is 11.5 Å². The van der Waals surface area contributed by atoms with Gasteiger partial charge in [0.15, 0.2) is 29.0 Å². The van der Waals surface area contributed by atoms with Gasteiger partial charge in [0.2, 0.25) is 0 Å². The molecule has 0 bridgehead atoms. The lowest BCUT2D eigenvalue weighted by atomic mass is 10.2. The molecular formula is C20H15F4NO4. The number of nitrogens with one attached hydrogen (secondary N) is 1. The van der Waals surface area contributed by atoms with Gasteiger partial charge in [0, 0.05) is 6.07 Å². The second-order valence-electron chi connectivity index (χ2n) is 5.76. The topological polar surface area (TPSA) is 60.7 Å². The molecule has 1 N–H and O–H groups in total. The Morgan fingerprint density at radius 3 is 2.10 bits per heavy atom. The molecule has 0 aliphatic carbocycles. The summed E-state index contributed by atoms with van der Waals surface area (Å²) in [7, 11) is 0. The fourth-order valence-electron chi connectivity index (χ4n) is 2.39. The Morgan fingerprint density at radius 1 is 0.931 bits per heavy atom. The average Bonchev–Trinajstić information content (AvgIpc) is 3.18. The van der Waals surface area contributed by atoms with Crippen LogP contribution in [0.1, 0.15) is 23.2 Å². The second kappa shape index (κ2) is 8.68. The van der Waals surface area contributed by atoms with Crippen molar-refractivity contribution in [2.45, 2.75) is 13.5 Å². The lowest BCUT2D eigenvalue weighted by Crippen LogP contribution is -2.15. The fraction of sp³-hybridized carbons (Fsp3) is 0.150. The average molecular weight is 409 g/mol. The Balaban J connectivity index is 1.65. The highest BCUT2D eigenvalue weighted by Crippen LogP contribution is 2.25. The number of amides is 1. The van der Waals surface area contributed by atoms with Crippen molar-refractivity contribution in [1.29, 1.82) is 0 Å². The number of hydrogen-bond acceptors (Lipinski definition) is 4. The lowest BCUT2D eigenvalue weighted by Gasteiger charge is -2.08. The van der Waals surface area contributed by atoms with E-state index in [9.17, 15) is 22.4 Å². The second-order valence-corrected chi connectivity index (χ2v) is 5.76. The molecule has 29 heavy (non-hydrogen) atoms. The van der Waals surface area contributed by atoms with Crippen LogP contribution in [0, 0.1) is 23.3 Å². The highest BCUT2D eigenvalue weighted by Gasteiger charge is 2.22.